The Labute approximate surface area is 178 Å². The molecule has 0 saturated carbocycles. The Morgan fingerprint density at radius 3 is 2.55 bits per heavy atom. The third-order valence-electron chi connectivity index (χ3n) is 4.67. The van der Waals surface area contributed by atoms with Gasteiger partial charge in [-0.2, -0.15) is 0 Å². The van der Waals surface area contributed by atoms with Gasteiger partial charge in [-0.3, -0.25) is 0 Å². The number of anilines is 1. The molecule has 0 aliphatic rings. The number of esters is 1. The summed E-state index contributed by atoms with van der Waals surface area (Å²) in [4.78, 5) is 25.8. The van der Waals surface area contributed by atoms with Crippen LogP contribution < -0.4 is 10.6 Å². The summed E-state index contributed by atoms with van der Waals surface area (Å²) in [6.45, 7) is 6.05. The zero-order valence-electron chi connectivity index (χ0n) is 16.6. The van der Waals surface area contributed by atoms with Crippen LogP contribution in [0.15, 0.2) is 42.7 Å². The van der Waals surface area contributed by atoms with Crippen LogP contribution in [-0.2, 0) is 4.74 Å². The standard InChI is InChI=1S/C21H22ClN3O3S/c1-12-14(3)29-19(25-9-5-6-10-25)18(12)13(2)23-21(27)24-17-11-15(22)7-8-16(17)20(26)28-4/h5-11,13H,1-4H3,(H2,23,24,27)/t13-/m0/s1. The van der Waals surface area contributed by atoms with Crippen molar-refractivity contribution in [3.8, 4) is 5.00 Å². The Hall–Kier alpha value is -2.77. The van der Waals surface area contributed by atoms with Gasteiger partial charge in [0.25, 0.3) is 0 Å². The SMILES string of the molecule is COC(=O)c1ccc(Cl)cc1NC(=O)N[C@@H](C)c1c(-n2cccc2)sc(C)c1C. The van der Waals surface area contributed by atoms with E-state index in [2.05, 4.69) is 24.5 Å². The van der Waals surface area contributed by atoms with Crippen molar-refractivity contribution in [2.24, 2.45) is 0 Å². The Balaban J connectivity index is 1.83. The van der Waals surface area contributed by atoms with Gasteiger partial charge in [0.1, 0.15) is 5.00 Å². The van der Waals surface area contributed by atoms with Gasteiger partial charge in [-0.25, -0.2) is 9.59 Å². The second-order valence-corrected chi connectivity index (χ2v) is 8.23. The molecule has 29 heavy (non-hydrogen) atoms. The lowest BCUT2D eigenvalue weighted by atomic mass is 10.1. The van der Waals surface area contributed by atoms with Crippen LogP contribution in [0.3, 0.4) is 0 Å². The van der Waals surface area contributed by atoms with E-state index in [-0.39, 0.29) is 17.3 Å². The van der Waals surface area contributed by atoms with Crippen molar-refractivity contribution in [3.05, 3.63) is 69.3 Å². The van der Waals surface area contributed by atoms with Gasteiger partial charge < -0.3 is 19.9 Å². The number of aromatic nitrogens is 1. The minimum atomic E-state index is -0.552. The number of rotatable bonds is 5. The number of hydrogen-bond donors (Lipinski definition) is 2. The summed E-state index contributed by atoms with van der Waals surface area (Å²) in [6, 6.07) is 7.84. The lowest BCUT2D eigenvalue weighted by Gasteiger charge is -2.18. The molecule has 0 fully saturated rings. The number of ether oxygens (including phenoxy) is 1. The van der Waals surface area contributed by atoms with E-state index < -0.39 is 12.0 Å². The van der Waals surface area contributed by atoms with Gasteiger partial charge in [-0.1, -0.05) is 11.6 Å². The zero-order valence-corrected chi connectivity index (χ0v) is 18.1. The van der Waals surface area contributed by atoms with Crippen LogP contribution in [0.25, 0.3) is 5.00 Å². The molecule has 8 heteroatoms. The maximum absolute atomic E-state index is 12.7. The van der Waals surface area contributed by atoms with Gasteiger partial charge in [-0.05, 0) is 56.7 Å². The first-order valence-corrected chi connectivity index (χ1v) is 10.2. The molecule has 0 unspecified atom stereocenters. The van der Waals surface area contributed by atoms with Crippen LogP contribution in [-0.4, -0.2) is 23.7 Å². The molecule has 0 saturated heterocycles. The molecule has 1 aromatic carbocycles. The molecule has 2 amide bonds. The first-order chi connectivity index (χ1) is 13.8. The van der Waals surface area contributed by atoms with Gasteiger partial charge in [0, 0.05) is 27.9 Å². The van der Waals surface area contributed by atoms with Crippen LogP contribution >= 0.6 is 22.9 Å². The first kappa shape index (κ1) is 21.0. The molecule has 2 N–H and O–H groups in total. The molecule has 0 radical (unpaired) electrons. The average Bonchev–Trinajstić information content (AvgIpc) is 3.30. The Kier molecular flexibility index (Phi) is 6.30. The van der Waals surface area contributed by atoms with E-state index in [4.69, 9.17) is 16.3 Å². The Morgan fingerprint density at radius 1 is 1.21 bits per heavy atom. The third-order valence-corrected chi connectivity index (χ3v) is 6.14. The molecule has 152 valence electrons. The van der Waals surface area contributed by atoms with E-state index in [1.807, 2.05) is 36.0 Å². The van der Waals surface area contributed by atoms with Crippen molar-refractivity contribution in [1.29, 1.82) is 0 Å². The quantitative estimate of drug-likeness (QED) is 0.525. The van der Waals surface area contributed by atoms with Crippen LogP contribution in [0.5, 0.6) is 0 Å². The summed E-state index contributed by atoms with van der Waals surface area (Å²) in [5.41, 5.74) is 2.72. The van der Waals surface area contributed by atoms with Crippen LogP contribution in [0, 0.1) is 13.8 Å². The van der Waals surface area contributed by atoms with E-state index in [1.165, 1.54) is 24.1 Å². The number of nitrogens with zero attached hydrogens (tertiary/aromatic N) is 1. The second kappa shape index (κ2) is 8.71. The maximum Gasteiger partial charge on any atom is 0.339 e. The zero-order chi connectivity index (χ0) is 21.1. The summed E-state index contributed by atoms with van der Waals surface area (Å²) in [7, 11) is 1.29. The highest BCUT2D eigenvalue weighted by atomic mass is 35.5. The summed E-state index contributed by atoms with van der Waals surface area (Å²) in [5.74, 6) is -0.552. The van der Waals surface area contributed by atoms with Crippen molar-refractivity contribution in [2.45, 2.75) is 26.8 Å². The van der Waals surface area contributed by atoms with E-state index in [9.17, 15) is 9.59 Å². The van der Waals surface area contributed by atoms with E-state index >= 15 is 0 Å². The highest BCUT2D eigenvalue weighted by Gasteiger charge is 2.22. The number of urea groups is 1. The fourth-order valence-corrected chi connectivity index (χ4v) is 4.53. The fourth-order valence-electron chi connectivity index (χ4n) is 3.13. The van der Waals surface area contributed by atoms with Crippen molar-refractivity contribution >= 4 is 40.6 Å². The van der Waals surface area contributed by atoms with Gasteiger partial charge in [-0.15, -0.1) is 11.3 Å². The van der Waals surface area contributed by atoms with Crippen molar-refractivity contribution < 1.29 is 14.3 Å². The highest BCUT2D eigenvalue weighted by molar-refractivity contribution is 7.14. The predicted octanol–water partition coefficient (Wildman–Crippen LogP) is 5.48. The number of carbonyl (C=O) groups excluding carboxylic acids is 2. The van der Waals surface area contributed by atoms with Crippen molar-refractivity contribution in [1.82, 2.24) is 9.88 Å². The first-order valence-electron chi connectivity index (χ1n) is 9.00. The third kappa shape index (κ3) is 4.46. The lowest BCUT2D eigenvalue weighted by Crippen LogP contribution is -2.32. The number of benzene rings is 1. The molecule has 0 aliphatic carbocycles. The molecular weight excluding hydrogens is 410 g/mol. The molecule has 3 aromatic rings. The number of thiophene rings is 1. The molecule has 1 atom stereocenters. The molecule has 2 heterocycles. The largest absolute Gasteiger partial charge is 0.465 e. The predicted molar refractivity (Wildman–Crippen MR) is 116 cm³/mol. The van der Waals surface area contributed by atoms with E-state index in [0.717, 1.165) is 16.1 Å². The number of amides is 2. The van der Waals surface area contributed by atoms with Crippen LogP contribution in [0.2, 0.25) is 5.02 Å². The molecule has 0 bridgehead atoms. The minimum absolute atomic E-state index is 0.232. The second-order valence-electron chi connectivity index (χ2n) is 6.59. The van der Waals surface area contributed by atoms with Gasteiger partial charge in [0.15, 0.2) is 0 Å². The fraction of sp³-hybridized carbons (Fsp3) is 0.238. The number of hydrogen-bond acceptors (Lipinski definition) is 4. The highest BCUT2D eigenvalue weighted by Crippen LogP contribution is 2.35. The van der Waals surface area contributed by atoms with E-state index in [0.29, 0.717) is 5.02 Å². The topological polar surface area (TPSA) is 72.4 Å². The summed E-state index contributed by atoms with van der Waals surface area (Å²) < 4.78 is 6.81. The summed E-state index contributed by atoms with van der Waals surface area (Å²) in [5, 5.41) is 7.13. The monoisotopic (exact) mass is 431 g/mol. The molecule has 3 rings (SSSR count). The number of nitrogens with one attached hydrogen (secondary N) is 2. The lowest BCUT2D eigenvalue weighted by molar-refractivity contribution is 0.0602. The summed E-state index contributed by atoms with van der Waals surface area (Å²) >= 11 is 7.71. The number of aryl methyl sites for hydroxylation is 1. The van der Waals surface area contributed by atoms with Gasteiger partial charge in [0.05, 0.1) is 24.4 Å². The smallest absolute Gasteiger partial charge is 0.339 e. The molecule has 2 aromatic heterocycles. The Morgan fingerprint density at radius 2 is 1.90 bits per heavy atom. The van der Waals surface area contributed by atoms with Crippen molar-refractivity contribution in [2.75, 3.05) is 12.4 Å². The van der Waals surface area contributed by atoms with Crippen molar-refractivity contribution in [3.63, 3.8) is 0 Å². The molecule has 0 spiro atoms. The molecule has 0 aliphatic heterocycles. The number of halogens is 1. The number of methoxy groups -OCH3 is 1. The average molecular weight is 432 g/mol. The van der Waals surface area contributed by atoms with Crippen LogP contribution in [0.1, 0.15) is 39.3 Å². The number of carbonyl (C=O) groups is 2. The maximum atomic E-state index is 12.7. The molecule has 6 nitrogen and oxygen atoms in total. The van der Waals surface area contributed by atoms with Gasteiger partial charge in [0.2, 0.25) is 0 Å². The summed E-state index contributed by atoms with van der Waals surface area (Å²) in [6.07, 6.45) is 3.96. The van der Waals surface area contributed by atoms with Gasteiger partial charge >= 0.3 is 12.0 Å². The van der Waals surface area contributed by atoms with Crippen LogP contribution in [0.4, 0.5) is 10.5 Å². The normalized spacial score (nSPS) is 11.8. The minimum Gasteiger partial charge on any atom is -0.465 e. The Bertz CT molecular complexity index is 1040. The molecular formula is C21H22ClN3O3S. The van der Waals surface area contributed by atoms with E-state index in [1.54, 1.807) is 17.4 Å².